The van der Waals surface area contributed by atoms with Crippen molar-refractivity contribution in [2.75, 3.05) is 0 Å². The third kappa shape index (κ3) is 2.09. The van der Waals surface area contributed by atoms with Crippen LogP contribution in [-0.4, -0.2) is 9.97 Å². The maximum absolute atomic E-state index is 13.8. The van der Waals surface area contributed by atoms with Crippen LogP contribution in [0, 0.1) is 5.82 Å². The second kappa shape index (κ2) is 5.22. The maximum atomic E-state index is 13.8. The highest BCUT2D eigenvalue weighted by atomic mass is 32.1. The van der Waals surface area contributed by atoms with Crippen LogP contribution < -0.4 is 5.56 Å². The van der Waals surface area contributed by atoms with Gasteiger partial charge in [0.25, 0.3) is 5.56 Å². The van der Waals surface area contributed by atoms with E-state index in [1.807, 2.05) is 36.4 Å². The Balaban J connectivity index is 2.03. The second-order valence-corrected chi connectivity index (χ2v) is 6.85. The lowest BCUT2D eigenvalue weighted by Gasteiger charge is -2.05. The molecule has 0 aliphatic heterocycles. The number of aromatic nitrogens is 2. The van der Waals surface area contributed by atoms with Crippen molar-refractivity contribution in [3.8, 4) is 10.6 Å². The highest BCUT2D eigenvalue weighted by Crippen LogP contribution is 2.39. The average Bonchev–Trinajstić information content (AvgIpc) is 3.08. The number of rotatable bonds is 1. The molecule has 2 heterocycles. The third-order valence-corrected chi connectivity index (χ3v) is 5.50. The Morgan fingerprint density at radius 3 is 2.64 bits per heavy atom. The fraction of sp³-hybridized carbons (Fsp3) is 0. The van der Waals surface area contributed by atoms with E-state index in [4.69, 9.17) is 4.98 Å². The van der Waals surface area contributed by atoms with E-state index in [9.17, 15) is 9.18 Å². The Labute approximate surface area is 145 Å². The van der Waals surface area contributed by atoms with Crippen LogP contribution in [0.5, 0.6) is 0 Å². The molecule has 3 aromatic carbocycles. The lowest BCUT2D eigenvalue weighted by molar-refractivity contribution is 0.630. The monoisotopic (exact) mass is 346 g/mol. The number of hydrogen-bond acceptors (Lipinski definition) is 3. The summed E-state index contributed by atoms with van der Waals surface area (Å²) in [4.78, 5) is 19.9. The van der Waals surface area contributed by atoms with Gasteiger partial charge in [-0.2, -0.15) is 0 Å². The predicted octanol–water partition coefficient (Wildman–Crippen LogP) is 5.10. The number of nitrogens with zero attached hydrogens (tertiary/aromatic N) is 1. The van der Waals surface area contributed by atoms with Crippen LogP contribution >= 0.6 is 11.3 Å². The van der Waals surface area contributed by atoms with Crippen LogP contribution in [0.15, 0.2) is 65.6 Å². The normalized spacial score (nSPS) is 11.6. The highest BCUT2D eigenvalue weighted by molar-refractivity contribution is 7.22. The minimum Gasteiger partial charge on any atom is -0.329 e. The topological polar surface area (TPSA) is 45.8 Å². The summed E-state index contributed by atoms with van der Waals surface area (Å²) in [5.41, 5.74) is 1.61. The van der Waals surface area contributed by atoms with Gasteiger partial charge in [0.15, 0.2) is 0 Å². The molecule has 0 aliphatic rings. The van der Waals surface area contributed by atoms with Crippen molar-refractivity contribution in [3.05, 3.63) is 77.0 Å². The molecule has 0 aliphatic carbocycles. The van der Waals surface area contributed by atoms with Crippen molar-refractivity contribution in [2.24, 2.45) is 0 Å². The zero-order valence-electron chi connectivity index (χ0n) is 12.9. The summed E-state index contributed by atoms with van der Waals surface area (Å²) < 4.78 is 14.8. The number of halogens is 1. The smallest absolute Gasteiger partial charge is 0.256 e. The van der Waals surface area contributed by atoms with Gasteiger partial charge >= 0.3 is 0 Å². The van der Waals surface area contributed by atoms with Crippen molar-refractivity contribution in [2.45, 2.75) is 0 Å². The first-order chi connectivity index (χ1) is 12.2. The minimum atomic E-state index is -0.366. The molecule has 0 atom stereocenters. The first kappa shape index (κ1) is 14.3. The van der Waals surface area contributed by atoms with Crippen LogP contribution in [0.2, 0.25) is 0 Å². The summed E-state index contributed by atoms with van der Waals surface area (Å²) in [5.74, 6) is -0.366. The Morgan fingerprint density at radius 2 is 1.80 bits per heavy atom. The van der Waals surface area contributed by atoms with Gasteiger partial charge in [-0.3, -0.25) is 4.79 Å². The second-order valence-electron chi connectivity index (χ2n) is 5.85. The number of hydrogen-bond donors (Lipinski definition) is 1. The van der Waals surface area contributed by atoms with E-state index < -0.39 is 0 Å². The maximum Gasteiger partial charge on any atom is 0.256 e. The predicted molar refractivity (Wildman–Crippen MR) is 101 cm³/mol. The molecule has 3 nitrogen and oxygen atoms in total. The number of pyridine rings is 1. The molecule has 5 rings (SSSR count). The van der Waals surface area contributed by atoms with Crippen LogP contribution in [-0.2, 0) is 0 Å². The molecule has 5 aromatic rings. The summed E-state index contributed by atoms with van der Waals surface area (Å²) in [5, 5.41) is 3.58. The Hall–Kier alpha value is -3.05. The van der Waals surface area contributed by atoms with Gasteiger partial charge in [-0.25, -0.2) is 9.37 Å². The summed E-state index contributed by atoms with van der Waals surface area (Å²) in [6.45, 7) is 0. The molecular weight excluding hydrogens is 335 g/mol. The summed E-state index contributed by atoms with van der Waals surface area (Å²) in [6.07, 6.45) is 1.62. The molecule has 0 fully saturated rings. The third-order valence-electron chi connectivity index (χ3n) is 4.36. The molecule has 0 bridgehead atoms. The summed E-state index contributed by atoms with van der Waals surface area (Å²) in [7, 11) is 0. The largest absolute Gasteiger partial charge is 0.329 e. The molecule has 120 valence electrons. The van der Waals surface area contributed by atoms with Crippen LogP contribution in [0.25, 0.3) is 42.3 Å². The minimum absolute atomic E-state index is 0.218. The van der Waals surface area contributed by atoms with Crippen LogP contribution in [0.1, 0.15) is 0 Å². The zero-order chi connectivity index (χ0) is 17.0. The SMILES string of the molecule is O=c1[nH]ccc2c3sc(-c4ccccc4)nc3c3ccc(F)cc3c12. The van der Waals surface area contributed by atoms with Gasteiger partial charge in [-0.15, -0.1) is 11.3 Å². The van der Waals surface area contributed by atoms with Gasteiger partial charge in [0.05, 0.1) is 15.6 Å². The molecule has 1 N–H and O–H groups in total. The van der Waals surface area contributed by atoms with E-state index in [0.29, 0.717) is 10.8 Å². The van der Waals surface area contributed by atoms with Gasteiger partial charge in [-0.05, 0) is 24.3 Å². The molecule has 2 aromatic heterocycles. The fourth-order valence-electron chi connectivity index (χ4n) is 3.25. The number of nitrogens with one attached hydrogen (secondary N) is 1. The lowest BCUT2D eigenvalue weighted by atomic mass is 10.0. The van der Waals surface area contributed by atoms with Gasteiger partial charge in [0.2, 0.25) is 0 Å². The van der Waals surface area contributed by atoms with Crippen LogP contribution in [0.3, 0.4) is 0 Å². The zero-order valence-corrected chi connectivity index (χ0v) is 13.7. The number of aromatic amines is 1. The van der Waals surface area contributed by atoms with E-state index in [-0.39, 0.29) is 11.4 Å². The van der Waals surface area contributed by atoms with Gasteiger partial charge in [0.1, 0.15) is 10.8 Å². The van der Waals surface area contributed by atoms with Gasteiger partial charge in [0, 0.05) is 27.9 Å². The molecular formula is C20H11FN2OS. The van der Waals surface area contributed by atoms with E-state index in [1.54, 1.807) is 23.6 Å². The molecule has 0 saturated carbocycles. The summed E-state index contributed by atoms with van der Waals surface area (Å²) in [6, 6.07) is 16.3. The molecule has 5 heteroatoms. The van der Waals surface area contributed by atoms with E-state index in [2.05, 4.69) is 4.98 Å². The Kier molecular flexibility index (Phi) is 2.99. The standard InChI is InChI=1S/C20H11FN2OS/c21-12-6-7-13-15(10-12)16-14(8-9-22-19(16)24)18-17(13)23-20(25-18)11-4-2-1-3-5-11/h1-10H,(H,22,24). The first-order valence-electron chi connectivity index (χ1n) is 7.81. The molecule has 0 radical (unpaired) electrons. The highest BCUT2D eigenvalue weighted by Gasteiger charge is 2.16. The van der Waals surface area contributed by atoms with Crippen LogP contribution in [0.4, 0.5) is 4.39 Å². The van der Waals surface area contributed by atoms with Crippen molar-refractivity contribution in [3.63, 3.8) is 0 Å². The van der Waals surface area contributed by atoms with E-state index in [1.165, 1.54) is 12.1 Å². The number of thiazole rings is 1. The molecule has 25 heavy (non-hydrogen) atoms. The molecule has 0 spiro atoms. The van der Waals surface area contributed by atoms with Crippen molar-refractivity contribution in [1.82, 2.24) is 9.97 Å². The Bertz CT molecular complexity index is 1320. The van der Waals surface area contributed by atoms with Crippen molar-refractivity contribution in [1.29, 1.82) is 0 Å². The quantitative estimate of drug-likeness (QED) is 0.429. The molecule has 0 unspecified atom stereocenters. The number of benzene rings is 3. The Morgan fingerprint density at radius 1 is 0.960 bits per heavy atom. The van der Waals surface area contributed by atoms with Gasteiger partial charge < -0.3 is 4.98 Å². The average molecular weight is 346 g/mol. The van der Waals surface area contributed by atoms with Crippen molar-refractivity contribution < 1.29 is 4.39 Å². The molecule has 0 amide bonds. The lowest BCUT2D eigenvalue weighted by Crippen LogP contribution is -2.05. The van der Waals surface area contributed by atoms with E-state index >= 15 is 0 Å². The van der Waals surface area contributed by atoms with Gasteiger partial charge in [-0.1, -0.05) is 30.3 Å². The van der Waals surface area contributed by atoms with E-state index in [0.717, 1.165) is 31.6 Å². The summed E-state index contributed by atoms with van der Waals surface area (Å²) >= 11 is 1.55. The number of fused-ring (bicyclic) bond motifs is 6. The number of H-pyrrole nitrogens is 1. The molecule has 0 saturated heterocycles. The van der Waals surface area contributed by atoms with Crippen molar-refractivity contribution >= 4 is 43.1 Å². The fourth-order valence-corrected chi connectivity index (χ4v) is 4.37. The first-order valence-corrected chi connectivity index (χ1v) is 8.62.